The number of hydrogen-bond acceptors (Lipinski definition) is 6. The van der Waals surface area contributed by atoms with E-state index in [-0.39, 0.29) is 5.54 Å². The highest BCUT2D eigenvalue weighted by Crippen LogP contribution is 2.36. The Morgan fingerprint density at radius 3 is 2.76 bits per heavy atom. The van der Waals surface area contributed by atoms with Gasteiger partial charge in [0.15, 0.2) is 5.82 Å². The molecule has 1 aromatic heterocycles. The summed E-state index contributed by atoms with van der Waals surface area (Å²) in [4.78, 5) is 12.3. The molecule has 3 heterocycles. The van der Waals surface area contributed by atoms with E-state index in [2.05, 4.69) is 17.1 Å². The summed E-state index contributed by atoms with van der Waals surface area (Å²) >= 11 is 0. The van der Waals surface area contributed by atoms with Gasteiger partial charge in [-0.3, -0.25) is 0 Å². The molecular weight excluding hydrogens is 316 g/mol. The third-order valence-corrected chi connectivity index (χ3v) is 5.55. The van der Waals surface area contributed by atoms with E-state index in [1.54, 1.807) is 7.11 Å². The van der Waals surface area contributed by atoms with E-state index in [0.29, 0.717) is 0 Å². The largest absolute Gasteiger partial charge is 0.497 e. The molecule has 1 N–H and O–H groups in total. The second-order valence-corrected chi connectivity index (χ2v) is 6.98. The monoisotopic (exact) mass is 342 g/mol. The Morgan fingerprint density at radius 1 is 1.12 bits per heavy atom. The molecule has 6 nitrogen and oxygen atoms in total. The van der Waals surface area contributed by atoms with E-state index in [0.717, 1.165) is 80.4 Å². The fourth-order valence-electron chi connectivity index (χ4n) is 4.11. The van der Waals surface area contributed by atoms with Gasteiger partial charge in [-0.25, -0.2) is 9.97 Å². The van der Waals surface area contributed by atoms with Gasteiger partial charge in [0.05, 0.1) is 23.8 Å². The van der Waals surface area contributed by atoms with Gasteiger partial charge >= 0.3 is 0 Å². The number of aromatic nitrogens is 2. The smallest absolute Gasteiger partial charge is 0.151 e. The summed E-state index contributed by atoms with van der Waals surface area (Å²) in [5.74, 6) is 1.83. The lowest BCUT2D eigenvalue weighted by molar-refractivity contribution is 0.0485. The molecule has 2 fully saturated rings. The van der Waals surface area contributed by atoms with Crippen LogP contribution in [-0.4, -0.2) is 55.5 Å². The number of ether oxygens (including phenoxy) is 2. The van der Waals surface area contributed by atoms with Crippen LogP contribution >= 0.6 is 0 Å². The van der Waals surface area contributed by atoms with E-state index in [1.165, 1.54) is 0 Å². The van der Waals surface area contributed by atoms with Crippen LogP contribution < -0.4 is 15.0 Å². The van der Waals surface area contributed by atoms with Crippen molar-refractivity contribution in [3.05, 3.63) is 23.9 Å². The summed E-state index contributed by atoms with van der Waals surface area (Å²) in [5, 5.41) is 3.54. The topological polar surface area (TPSA) is 59.5 Å². The van der Waals surface area contributed by atoms with Crippen LogP contribution in [0.15, 0.2) is 18.2 Å². The number of nitrogens with zero attached hydrogens (tertiary/aromatic N) is 3. The molecule has 0 radical (unpaired) electrons. The van der Waals surface area contributed by atoms with Gasteiger partial charge < -0.3 is 19.7 Å². The molecular formula is C19H26N4O2. The number of aryl methyl sites for hydroxylation is 1. The maximum Gasteiger partial charge on any atom is 0.151 e. The second-order valence-electron chi connectivity index (χ2n) is 6.98. The number of fused-ring (bicyclic) bond motifs is 1. The summed E-state index contributed by atoms with van der Waals surface area (Å²) in [6, 6.07) is 5.90. The standard InChI is InChI=1S/C19H26N4O2/c1-14-18(22-16-4-3-15(24-2)13-17(16)21-14)23-10-9-20-8-5-19(23)6-11-25-12-7-19/h3-4,13,20H,5-12H2,1-2H3. The number of benzene rings is 1. The van der Waals surface area contributed by atoms with Crippen molar-refractivity contribution in [3.8, 4) is 5.75 Å². The van der Waals surface area contributed by atoms with Crippen LogP contribution in [0.3, 0.4) is 0 Å². The SMILES string of the molecule is COc1ccc2nc(N3CCNCCC34CCOCC4)c(C)nc2c1. The molecule has 25 heavy (non-hydrogen) atoms. The molecule has 0 aliphatic carbocycles. The van der Waals surface area contributed by atoms with Crippen molar-refractivity contribution in [1.82, 2.24) is 15.3 Å². The molecule has 0 saturated carbocycles. The Morgan fingerprint density at radius 2 is 1.96 bits per heavy atom. The molecule has 1 aromatic carbocycles. The molecule has 2 aromatic rings. The van der Waals surface area contributed by atoms with Crippen molar-refractivity contribution in [2.75, 3.05) is 44.9 Å². The van der Waals surface area contributed by atoms with E-state index < -0.39 is 0 Å². The third-order valence-electron chi connectivity index (χ3n) is 5.55. The first-order valence-corrected chi connectivity index (χ1v) is 9.10. The molecule has 0 amide bonds. The predicted molar refractivity (Wildman–Crippen MR) is 98.4 cm³/mol. The van der Waals surface area contributed by atoms with E-state index in [9.17, 15) is 0 Å². The van der Waals surface area contributed by atoms with Gasteiger partial charge in [-0.2, -0.15) is 0 Å². The molecule has 1 spiro atoms. The zero-order valence-corrected chi connectivity index (χ0v) is 15.0. The Bertz CT molecular complexity index is 758. The van der Waals surface area contributed by atoms with E-state index in [1.807, 2.05) is 18.2 Å². The molecule has 4 rings (SSSR count). The summed E-state index contributed by atoms with van der Waals surface area (Å²) in [7, 11) is 1.68. The quantitative estimate of drug-likeness (QED) is 0.904. The average Bonchev–Trinajstić information content (AvgIpc) is 2.84. The molecule has 134 valence electrons. The zero-order valence-electron chi connectivity index (χ0n) is 15.0. The first-order chi connectivity index (χ1) is 12.2. The first-order valence-electron chi connectivity index (χ1n) is 9.10. The fraction of sp³-hybridized carbons (Fsp3) is 0.579. The predicted octanol–water partition coefficient (Wildman–Crippen LogP) is 2.30. The summed E-state index contributed by atoms with van der Waals surface area (Å²) < 4.78 is 11.0. The lowest BCUT2D eigenvalue weighted by Gasteiger charge is -2.46. The molecule has 6 heteroatoms. The molecule has 2 aliphatic heterocycles. The van der Waals surface area contributed by atoms with Crippen LogP contribution in [0.2, 0.25) is 0 Å². The maximum absolute atomic E-state index is 5.65. The van der Waals surface area contributed by atoms with Gasteiger partial charge in [0, 0.05) is 37.9 Å². The van der Waals surface area contributed by atoms with Crippen LogP contribution in [0.4, 0.5) is 5.82 Å². The van der Waals surface area contributed by atoms with Crippen molar-refractivity contribution in [1.29, 1.82) is 0 Å². The molecule has 0 unspecified atom stereocenters. The number of methoxy groups -OCH3 is 1. The minimum Gasteiger partial charge on any atom is -0.497 e. The highest BCUT2D eigenvalue weighted by Gasteiger charge is 2.40. The van der Waals surface area contributed by atoms with Crippen LogP contribution in [0.1, 0.15) is 25.0 Å². The zero-order chi connectivity index (χ0) is 17.3. The molecule has 2 saturated heterocycles. The van der Waals surface area contributed by atoms with Crippen molar-refractivity contribution in [2.45, 2.75) is 31.7 Å². The van der Waals surface area contributed by atoms with Gasteiger partial charge in [-0.15, -0.1) is 0 Å². The van der Waals surface area contributed by atoms with Crippen LogP contribution in [0.25, 0.3) is 11.0 Å². The first kappa shape index (κ1) is 16.5. The van der Waals surface area contributed by atoms with Crippen molar-refractivity contribution in [2.24, 2.45) is 0 Å². The molecule has 0 bridgehead atoms. The third kappa shape index (κ3) is 3.04. The van der Waals surface area contributed by atoms with Crippen LogP contribution in [-0.2, 0) is 4.74 Å². The number of anilines is 1. The maximum atomic E-state index is 5.65. The van der Waals surface area contributed by atoms with Gasteiger partial charge in [-0.05, 0) is 44.9 Å². The number of nitrogens with one attached hydrogen (secondary N) is 1. The molecule has 0 atom stereocenters. The van der Waals surface area contributed by atoms with Gasteiger partial charge in [-0.1, -0.05) is 0 Å². The molecule has 2 aliphatic rings. The Kier molecular flexibility index (Phi) is 4.48. The normalized spacial score (nSPS) is 20.6. The van der Waals surface area contributed by atoms with Gasteiger partial charge in [0.25, 0.3) is 0 Å². The lowest BCUT2D eigenvalue weighted by Crippen LogP contribution is -2.53. The minimum absolute atomic E-state index is 0.126. The van der Waals surface area contributed by atoms with Crippen molar-refractivity contribution >= 4 is 16.9 Å². The van der Waals surface area contributed by atoms with Gasteiger partial charge in [0.1, 0.15) is 5.75 Å². The number of rotatable bonds is 2. The van der Waals surface area contributed by atoms with E-state index in [4.69, 9.17) is 19.4 Å². The van der Waals surface area contributed by atoms with E-state index >= 15 is 0 Å². The minimum atomic E-state index is 0.126. The van der Waals surface area contributed by atoms with Crippen LogP contribution in [0, 0.1) is 6.92 Å². The van der Waals surface area contributed by atoms with Crippen molar-refractivity contribution < 1.29 is 9.47 Å². The highest BCUT2D eigenvalue weighted by molar-refractivity contribution is 5.78. The number of hydrogen-bond donors (Lipinski definition) is 1. The summed E-state index contributed by atoms with van der Waals surface area (Å²) in [5.41, 5.74) is 2.91. The van der Waals surface area contributed by atoms with Gasteiger partial charge in [0.2, 0.25) is 0 Å². The second kappa shape index (κ2) is 6.77. The lowest BCUT2D eigenvalue weighted by atomic mass is 9.84. The van der Waals surface area contributed by atoms with Crippen molar-refractivity contribution in [3.63, 3.8) is 0 Å². The Labute approximate surface area is 148 Å². The Hall–Kier alpha value is -1.92. The fourth-order valence-corrected chi connectivity index (χ4v) is 4.11. The summed E-state index contributed by atoms with van der Waals surface area (Å²) in [6.07, 6.45) is 3.23. The average molecular weight is 342 g/mol. The summed E-state index contributed by atoms with van der Waals surface area (Å²) in [6.45, 7) is 6.70. The Balaban J connectivity index is 1.78. The highest BCUT2D eigenvalue weighted by atomic mass is 16.5. The van der Waals surface area contributed by atoms with Crippen LogP contribution in [0.5, 0.6) is 5.75 Å².